The number of halogens is 1. The van der Waals surface area contributed by atoms with Crippen LogP contribution in [-0.2, 0) is 0 Å². The molecule has 1 fully saturated rings. The molecular formula is C15H21ClN4O. The van der Waals surface area contributed by atoms with Gasteiger partial charge >= 0.3 is 0 Å². The van der Waals surface area contributed by atoms with Crippen molar-refractivity contribution < 1.29 is 4.79 Å². The van der Waals surface area contributed by atoms with Gasteiger partial charge in [0.25, 0.3) is 5.91 Å². The zero-order valence-corrected chi connectivity index (χ0v) is 12.9. The number of piperidine rings is 1. The number of nitrogens with two attached hydrogens (primary N) is 1. The third-order valence-electron chi connectivity index (χ3n) is 4.16. The van der Waals surface area contributed by atoms with E-state index in [0.29, 0.717) is 11.6 Å². The van der Waals surface area contributed by atoms with Gasteiger partial charge in [-0.1, -0.05) is 18.2 Å². The number of fused-ring (bicyclic) bond motifs is 1. The molecule has 2 aromatic rings. The Morgan fingerprint density at radius 2 is 2.24 bits per heavy atom. The zero-order chi connectivity index (χ0) is 14.1. The van der Waals surface area contributed by atoms with Crippen LogP contribution >= 0.6 is 12.4 Å². The van der Waals surface area contributed by atoms with E-state index in [9.17, 15) is 4.79 Å². The first-order valence-corrected chi connectivity index (χ1v) is 7.15. The molecule has 3 rings (SSSR count). The lowest BCUT2D eigenvalue weighted by molar-refractivity contribution is 0.0657. The molecule has 1 aliphatic rings. The molecule has 0 bridgehead atoms. The number of hydrogen-bond donors (Lipinski definition) is 2. The van der Waals surface area contributed by atoms with Gasteiger partial charge in [-0.05, 0) is 31.7 Å². The maximum Gasteiger partial charge on any atom is 0.275 e. The number of nitrogens with zero attached hydrogens (tertiary/aromatic N) is 2. The minimum atomic E-state index is 0. The van der Waals surface area contributed by atoms with E-state index >= 15 is 0 Å². The molecule has 0 saturated carbocycles. The van der Waals surface area contributed by atoms with Crippen LogP contribution in [0.4, 0.5) is 0 Å². The number of aromatic amines is 1. The predicted octanol–water partition coefficient (Wildman–Crippen LogP) is 2.18. The first kappa shape index (κ1) is 15.8. The minimum absolute atomic E-state index is 0. The zero-order valence-electron chi connectivity index (χ0n) is 12.1. The standard InChI is InChI=1S/C15H20N4O.ClH/c1-10(16)11-5-4-8-19(9-11)15(20)14-12-6-2-3-7-13(12)17-18-14;/h2-3,6-7,10-11H,4-5,8-9,16H2,1H3,(H,17,18);1H. The molecule has 1 amide bonds. The second-order valence-electron chi connectivity index (χ2n) is 5.63. The first-order chi connectivity index (χ1) is 9.66. The monoisotopic (exact) mass is 308 g/mol. The summed E-state index contributed by atoms with van der Waals surface area (Å²) in [5, 5.41) is 8.00. The van der Waals surface area contributed by atoms with Crippen LogP contribution in [-0.4, -0.2) is 40.1 Å². The lowest BCUT2D eigenvalue weighted by atomic mass is 9.92. The average molecular weight is 309 g/mol. The molecule has 2 heterocycles. The highest BCUT2D eigenvalue weighted by atomic mass is 35.5. The highest BCUT2D eigenvalue weighted by molar-refractivity contribution is 6.04. The number of aromatic nitrogens is 2. The number of benzene rings is 1. The molecule has 0 aliphatic carbocycles. The van der Waals surface area contributed by atoms with Crippen LogP contribution in [0.2, 0.25) is 0 Å². The van der Waals surface area contributed by atoms with Gasteiger partial charge in [-0.25, -0.2) is 0 Å². The summed E-state index contributed by atoms with van der Waals surface area (Å²) in [6, 6.07) is 7.85. The van der Waals surface area contributed by atoms with Crippen molar-refractivity contribution in [3.8, 4) is 0 Å². The molecule has 1 saturated heterocycles. The summed E-state index contributed by atoms with van der Waals surface area (Å²) in [7, 11) is 0. The lowest BCUT2D eigenvalue weighted by Gasteiger charge is -2.34. The van der Waals surface area contributed by atoms with Crippen LogP contribution in [0.1, 0.15) is 30.3 Å². The van der Waals surface area contributed by atoms with E-state index in [2.05, 4.69) is 10.2 Å². The molecule has 1 aliphatic heterocycles. The van der Waals surface area contributed by atoms with Crippen LogP contribution in [0.5, 0.6) is 0 Å². The normalized spacial score (nSPS) is 20.1. The highest BCUT2D eigenvalue weighted by Gasteiger charge is 2.28. The number of hydrogen-bond acceptors (Lipinski definition) is 3. The van der Waals surface area contributed by atoms with Gasteiger partial charge in [0.1, 0.15) is 0 Å². The van der Waals surface area contributed by atoms with Crippen LogP contribution in [0.3, 0.4) is 0 Å². The highest BCUT2D eigenvalue weighted by Crippen LogP contribution is 2.22. The summed E-state index contributed by atoms with van der Waals surface area (Å²) in [5.74, 6) is 0.394. The van der Waals surface area contributed by atoms with Crippen LogP contribution in [0, 0.1) is 5.92 Å². The van der Waals surface area contributed by atoms with Crippen LogP contribution < -0.4 is 5.73 Å². The number of carbonyl (C=O) groups excluding carboxylic acids is 1. The largest absolute Gasteiger partial charge is 0.337 e. The summed E-state index contributed by atoms with van der Waals surface area (Å²) in [6.07, 6.45) is 2.11. The van der Waals surface area contributed by atoms with E-state index in [1.807, 2.05) is 36.1 Å². The number of H-pyrrole nitrogens is 1. The Bertz CT molecular complexity index is 625. The number of carbonyl (C=O) groups is 1. The molecule has 2 unspecified atom stereocenters. The van der Waals surface area contributed by atoms with Gasteiger partial charge in [-0.15, -0.1) is 12.4 Å². The van der Waals surface area contributed by atoms with Gasteiger partial charge in [0.05, 0.1) is 5.52 Å². The van der Waals surface area contributed by atoms with E-state index in [1.165, 1.54) is 0 Å². The van der Waals surface area contributed by atoms with E-state index in [4.69, 9.17) is 5.73 Å². The smallest absolute Gasteiger partial charge is 0.275 e. The molecular weight excluding hydrogens is 288 g/mol. The molecule has 0 radical (unpaired) electrons. The topological polar surface area (TPSA) is 75.0 Å². The fraction of sp³-hybridized carbons (Fsp3) is 0.467. The van der Waals surface area contributed by atoms with Gasteiger partial charge in [-0.3, -0.25) is 9.89 Å². The third kappa shape index (κ3) is 3.04. The van der Waals surface area contributed by atoms with Gasteiger partial charge in [-0.2, -0.15) is 5.10 Å². The molecule has 0 spiro atoms. The summed E-state index contributed by atoms with van der Waals surface area (Å²) in [5.41, 5.74) is 7.40. The molecule has 1 aromatic heterocycles. The van der Waals surface area contributed by atoms with Gasteiger partial charge < -0.3 is 10.6 Å². The Morgan fingerprint density at radius 3 is 3.00 bits per heavy atom. The predicted molar refractivity (Wildman–Crippen MR) is 85.6 cm³/mol. The van der Waals surface area contributed by atoms with Crippen molar-refractivity contribution in [3.05, 3.63) is 30.0 Å². The van der Waals surface area contributed by atoms with Gasteiger partial charge in [0, 0.05) is 24.5 Å². The van der Waals surface area contributed by atoms with E-state index in [0.717, 1.165) is 36.8 Å². The number of nitrogens with one attached hydrogen (secondary N) is 1. The Kier molecular flexibility index (Phi) is 4.85. The van der Waals surface area contributed by atoms with Crippen molar-refractivity contribution in [1.82, 2.24) is 15.1 Å². The lowest BCUT2D eigenvalue weighted by Crippen LogP contribution is -2.45. The Labute approximate surface area is 130 Å². The summed E-state index contributed by atoms with van der Waals surface area (Å²) >= 11 is 0. The molecule has 5 nitrogen and oxygen atoms in total. The summed E-state index contributed by atoms with van der Waals surface area (Å²) < 4.78 is 0. The molecule has 114 valence electrons. The Balaban J connectivity index is 0.00000161. The summed E-state index contributed by atoms with van der Waals surface area (Å²) in [6.45, 7) is 3.55. The third-order valence-corrected chi connectivity index (χ3v) is 4.16. The minimum Gasteiger partial charge on any atom is -0.337 e. The van der Waals surface area contributed by atoms with E-state index in [1.54, 1.807) is 0 Å². The van der Waals surface area contributed by atoms with Gasteiger partial charge in [0.15, 0.2) is 5.69 Å². The first-order valence-electron chi connectivity index (χ1n) is 7.15. The van der Waals surface area contributed by atoms with Crippen molar-refractivity contribution in [2.75, 3.05) is 13.1 Å². The number of likely N-dealkylation sites (tertiary alicyclic amines) is 1. The second-order valence-corrected chi connectivity index (χ2v) is 5.63. The molecule has 6 heteroatoms. The van der Waals surface area contributed by atoms with Crippen molar-refractivity contribution in [3.63, 3.8) is 0 Å². The maximum atomic E-state index is 12.6. The quantitative estimate of drug-likeness (QED) is 0.893. The van der Waals surface area contributed by atoms with Crippen LogP contribution in [0.25, 0.3) is 10.9 Å². The van der Waals surface area contributed by atoms with Crippen molar-refractivity contribution in [2.24, 2.45) is 11.7 Å². The van der Waals surface area contributed by atoms with Crippen LogP contribution in [0.15, 0.2) is 24.3 Å². The fourth-order valence-electron chi connectivity index (χ4n) is 2.90. The summed E-state index contributed by atoms with van der Waals surface area (Å²) in [4.78, 5) is 14.5. The molecule has 21 heavy (non-hydrogen) atoms. The molecule has 1 aromatic carbocycles. The van der Waals surface area contributed by atoms with Gasteiger partial charge in [0.2, 0.25) is 0 Å². The molecule has 3 N–H and O–H groups in total. The number of amides is 1. The SMILES string of the molecule is CC(N)C1CCCN(C(=O)c2n[nH]c3ccccc23)C1.Cl. The number of rotatable bonds is 2. The Morgan fingerprint density at radius 1 is 1.48 bits per heavy atom. The average Bonchev–Trinajstić information content (AvgIpc) is 2.90. The second kappa shape index (κ2) is 6.45. The maximum absolute atomic E-state index is 12.6. The number of para-hydroxylation sites is 1. The van der Waals surface area contributed by atoms with E-state index < -0.39 is 0 Å². The van der Waals surface area contributed by atoms with E-state index in [-0.39, 0.29) is 24.4 Å². The molecule has 2 atom stereocenters. The van der Waals surface area contributed by atoms with Crippen molar-refractivity contribution in [2.45, 2.75) is 25.8 Å². The Hall–Kier alpha value is -1.59. The van der Waals surface area contributed by atoms with Crippen molar-refractivity contribution >= 4 is 29.2 Å². The van der Waals surface area contributed by atoms with Crippen molar-refractivity contribution in [1.29, 1.82) is 0 Å². The fourth-order valence-corrected chi connectivity index (χ4v) is 2.90.